The molecule has 0 aliphatic carbocycles. The van der Waals surface area contributed by atoms with Crippen molar-refractivity contribution in [3.05, 3.63) is 59.9 Å². The second-order valence-corrected chi connectivity index (χ2v) is 8.30. The first kappa shape index (κ1) is 19.9. The minimum absolute atomic E-state index is 0.001000. The molecular formula is C19H23FN2O3S. The lowest BCUT2D eigenvalue weighted by Gasteiger charge is -2.22. The molecule has 2 aromatic carbocycles. The number of hydrogen-bond acceptors (Lipinski definition) is 3. The molecule has 0 heterocycles. The van der Waals surface area contributed by atoms with Crippen molar-refractivity contribution < 1.29 is 17.6 Å². The first-order chi connectivity index (χ1) is 12.2. The first-order valence-electron chi connectivity index (χ1n) is 8.30. The highest BCUT2D eigenvalue weighted by molar-refractivity contribution is 7.92. The number of benzene rings is 2. The Morgan fingerprint density at radius 2 is 1.81 bits per heavy atom. The summed E-state index contributed by atoms with van der Waals surface area (Å²) in [5.74, 6) is -0.498. The van der Waals surface area contributed by atoms with Crippen LogP contribution in [0.3, 0.4) is 0 Å². The van der Waals surface area contributed by atoms with Gasteiger partial charge in [-0.05, 0) is 41.8 Å². The van der Waals surface area contributed by atoms with Gasteiger partial charge in [0.1, 0.15) is 5.82 Å². The average Bonchev–Trinajstić information content (AvgIpc) is 2.54. The van der Waals surface area contributed by atoms with E-state index in [4.69, 9.17) is 0 Å². The summed E-state index contributed by atoms with van der Waals surface area (Å²) in [5.41, 5.74) is 1.95. The summed E-state index contributed by atoms with van der Waals surface area (Å²) in [7, 11) is -3.53. The zero-order valence-electron chi connectivity index (χ0n) is 15.1. The second kappa shape index (κ2) is 8.31. The van der Waals surface area contributed by atoms with E-state index >= 15 is 0 Å². The molecule has 0 saturated carbocycles. The van der Waals surface area contributed by atoms with Crippen LogP contribution in [0.2, 0.25) is 0 Å². The van der Waals surface area contributed by atoms with Gasteiger partial charge >= 0.3 is 0 Å². The number of hydrogen-bond donors (Lipinski definition) is 1. The SMILES string of the molecule is CC(C)c1ccc(N(CCC(=O)Nc2cccc(F)c2)S(C)(=O)=O)cc1. The van der Waals surface area contributed by atoms with Gasteiger partial charge in [0.2, 0.25) is 15.9 Å². The van der Waals surface area contributed by atoms with Gasteiger partial charge in [0, 0.05) is 18.7 Å². The van der Waals surface area contributed by atoms with E-state index in [-0.39, 0.29) is 18.9 Å². The van der Waals surface area contributed by atoms with Gasteiger partial charge in [-0.3, -0.25) is 9.10 Å². The highest BCUT2D eigenvalue weighted by atomic mass is 32.2. The van der Waals surface area contributed by atoms with Crippen molar-refractivity contribution in [1.29, 1.82) is 0 Å². The third-order valence-electron chi connectivity index (χ3n) is 3.90. The van der Waals surface area contributed by atoms with E-state index in [0.29, 0.717) is 17.3 Å². The van der Waals surface area contributed by atoms with Crippen molar-refractivity contribution in [2.75, 3.05) is 22.4 Å². The molecule has 0 bridgehead atoms. The van der Waals surface area contributed by atoms with Gasteiger partial charge in [-0.2, -0.15) is 0 Å². The van der Waals surface area contributed by atoms with Gasteiger partial charge in [0.15, 0.2) is 0 Å². The Morgan fingerprint density at radius 1 is 1.15 bits per heavy atom. The minimum atomic E-state index is -3.53. The number of nitrogens with one attached hydrogen (secondary N) is 1. The molecule has 0 fully saturated rings. The molecular weight excluding hydrogens is 355 g/mol. The van der Waals surface area contributed by atoms with Crippen molar-refractivity contribution in [3.8, 4) is 0 Å². The molecule has 1 N–H and O–H groups in total. The Bertz CT molecular complexity index is 865. The number of sulfonamides is 1. The molecule has 2 aromatic rings. The fourth-order valence-electron chi connectivity index (χ4n) is 2.50. The molecule has 0 aliphatic rings. The van der Waals surface area contributed by atoms with Crippen LogP contribution in [0.25, 0.3) is 0 Å². The van der Waals surface area contributed by atoms with Crippen LogP contribution in [-0.4, -0.2) is 27.1 Å². The van der Waals surface area contributed by atoms with Gasteiger partial charge in [0.25, 0.3) is 0 Å². The third kappa shape index (κ3) is 5.56. The van der Waals surface area contributed by atoms with Gasteiger partial charge in [-0.25, -0.2) is 12.8 Å². The van der Waals surface area contributed by atoms with E-state index in [2.05, 4.69) is 19.2 Å². The Morgan fingerprint density at radius 3 is 2.35 bits per heavy atom. The molecule has 26 heavy (non-hydrogen) atoms. The summed E-state index contributed by atoms with van der Waals surface area (Å²) in [6, 6.07) is 12.8. The van der Waals surface area contributed by atoms with Crippen LogP contribution in [0.1, 0.15) is 31.7 Å². The largest absolute Gasteiger partial charge is 0.326 e. The molecule has 1 amide bonds. The first-order valence-corrected chi connectivity index (χ1v) is 10.1. The van der Waals surface area contributed by atoms with E-state index in [0.717, 1.165) is 11.8 Å². The lowest BCUT2D eigenvalue weighted by atomic mass is 10.0. The van der Waals surface area contributed by atoms with Crippen molar-refractivity contribution in [1.82, 2.24) is 0 Å². The molecule has 140 valence electrons. The zero-order valence-corrected chi connectivity index (χ0v) is 15.9. The van der Waals surface area contributed by atoms with Crippen molar-refractivity contribution in [3.63, 3.8) is 0 Å². The molecule has 0 aliphatic heterocycles. The van der Waals surface area contributed by atoms with Crippen LogP contribution < -0.4 is 9.62 Å². The van der Waals surface area contributed by atoms with Crippen molar-refractivity contribution in [2.24, 2.45) is 0 Å². The maximum atomic E-state index is 13.2. The highest BCUT2D eigenvalue weighted by Gasteiger charge is 2.19. The molecule has 2 rings (SSSR count). The monoisotopic (exact) mass is 378 g/mol. The van der Waals surface area contributed by atoms with Crippen LogP contribution in [-0.2, 0) is 14.8 Å². The summed E-state index contributed by atoms with van der Waals surface area (Å²) >= 11 is 0. The smallest absolute Gasteiger partial charge is 0.232 e. The normalized spacial score (nSPS) is 11.4. The van der Waals surface area contributed by atoms with E-state index in [1.54, 1.807) is 18.2 Å². The number of carbonyl (C=O) groups excluding carboxylic acids is 1. The molecule has 0 atom stereocenters. The van der Waals surface area contributed by atoms with Crippen LogP contribution in [0.5, 0.6) is 0 Å². The van der Waals surface area contributed by atoms with Crippen molar-refractivity contribution >= 4 is 27.3 Å². The molecule has 0 saturated heterocycles. The van der Waals surface area contributed by atoms with Gasteiger partial charge in [-0.15, -0.1) is 0 Å². The van der Waals surface area contributed by atoms with E-state index < -0.39 is 15.8 Å². The van der Waals surface area contributed by atoms with Gasteiger partial charge in [0.05, 0.1) is 11.9 Å². The summed E-state index contributed by atoms with van der Waals surface area (Å²) in [4.78, 5) is 12.1. The molecule has 0 aromatic heterocycles. The Labute approximate surface area is 153 Å². The fraction of sp³-hybridized carbons (Fsp3) is 0.316. The highest BCUT2D eigenvalue weighted by Crippen LogP contribution is 2.22. The standard InChI is InChI=1S/C19H23FN2O3S/c1-14(2)15-7-9-18(10-8-15)22(26(3,24)25)12-11-19(23)21-17-6-4-5-16(20)13-17/h4-10,13-14H,11-12H2,1-3H3,(H,21,23). The molecule has 5 nitrogen and oxygen atoms in total. The van der Waals surface area contributed by atoms with E-state index in [9.17, 15) is 17.6 Å². The Kier molecular flexibility index (Phi) is 6.37. The predicted molar refractivity (Wildman–Crippen MR) is 102 cm³/mol. The van der Waals surface area contributed by atoms with E-state index in [1.807, 2.05) is 12.1 Å². The second-order valence-electron chi connectivity index (χ2n) is 6.39. The van der Waals surface area contributed by atoms with Crippen LogP contribution in [0, 0.1) is 5.82 Å². The van der Waals surface area contributed by atoms with Crippen LogP contribution in [0.4, 0.5) is 15.8 Å². The zero-order chi connectivity index (χ0) is 19.3. The quantitative estimate of drug-likeness (QED) is 0.798. The third-order valence-corrected chi connectivity index (χ3v) is 5.09. The average molecular weight is 378 g/mol. The molecule has 0 radical (unpaired) electrons. The maximum Gasteiger partial charge on any atom is 0.232 e. The number of halogens is 1. The topological polar surface area (TPSA) is 66.5 Å². The van der Waals surface area contributed by atoms with Crippen LogP contribution >= 0.6 is 0 Å². The van der Waals surface area contributed by atoms with Crippen molar-refractivity contribution in [2.45, 2.75) is 26.2 Å². The lowest BCUT2D eigenvalue weighted by molar-refractivity contribution is -0.116. The number of nitrogens with zero attached hydrogens (tertiary/aromatic N) is 1. The number of carbonyl (C=O) groups is 1. The number of rotatable bonds is 7. The van der Waals surface area contributed by atoms with Gasteiger partial charge in [-0.1, -0.05) is 32.0 Å². The molecule has 0 unspecified atom stereocenters. The summed E-state index contributed by atoms with van der Waals surface area (Å²) < 4.78 is 38.6. The van der Waals surface area contributed by atoms with Gasteiger partial charge < -0.3 is 5.32 Å². The Balaban J connectivity index is 2.07. The fourth-order valence-corrected chi connectivity index (χ4v) is 3.43. The molecule has 0 spiro atoms. The number of anilines is 2. The van der Waals surface area contributed by atoms with Crippen LogP contribution in [0.15, 0.2) is 48.5 Å². The lowest BCUT2D eigenvalue weighted by Crippen LogP contribution is -2.33. The molecule has 7 heteroatoms. The summed E-state index contributed by atoms with van der Waals surface area (Å²) in [6.07, 6.45) is 1.06. The Hall–Kier alpha value is -2.41. The predicted octanol–water partition coefficient (Wildman–Crippen LogP) is 3.74. The van der Waals surface area contributed by atoms with E-state index in [1.165, 1.54) is 22.5 Å². The summed E-state index contributed by atoms with van der Waals surface area (Å²) in [6.45, 7) is 4.11. The minimum Gasteiger partial charge on any atom is -0.326 e. The maximum absolute atomic E-state index is 13.2. The number of amides is 1. The summed E-state index contributed by atoms with van der Waals surface area (Å²) in [5, 5.41) is 2.56.